The van der Waals surface area contributed by atoms with E-state index < -0.39 is 0 Å². The van der Waals surface area contributed by atoms with Gasteiger partial charge in [0.05, 0.1) is 11.1 Å². The van der Waals surface area contributed by atoms with Gasteiger partial charge in [-0.05, 0) is 51.1 Å². The van der Waals surface area contributed by atoms with E-state index in [1.165, 1.54) is 30.6 Å². The number of rotatable bonds is 5. The van der Waals surface area contributed by atoms with Crippen LogP contribution >= 0.6 is 22.9 Å². The van der Waals surface area contributed by atoms with Gasteiger partial charge in [0.1, 0.15) is 16.4 Å². The van der Waals surface area contributed by atoms with Crippen LogP contribution in [0.1, 0.15) is 46.5 Å². The minimum absolute atomic E-state index is 0.0519. The summed E-state index contributed by atoms with van der Waals surface area (Å²) >= 11 is 7.90. The highest BCUT2D eigenvalue weighted by atomic mass is 35.5. The summed E-state index contributed by atoms with van der Waals surface area (Å²) in [6.07, 6.45) is 3.64. The summed E-state index contributed by atoms with van der Waals surface area (Å²) in [5.74, 6) is 1.69. The number of benzene rings is 1. The highest BCUT2D eigenvalue weighted by Crippen LogP contribution is 2.35. The molecule has 142 valence electrons. The van der Waals surface area contributed by atoms with Crippen LogP contribution < -0.4 is 5.32 Å². The van der Waals surface area contributed by atoms with Crippen LogP contribution in [0, 0.1) is 6.92 Å². The molecule has 1 atom stereocenters. The minimum Gasteiger partial charge on any atom is -0.465 e. The molecule has 0 spiro atoms. The first kappa shape index (κ1) is 18.5. The van der Waals surface area contributed by atoms with Gasteiger partial charge >= 0.3 is 0 Å². The predicted molar refractivity (Wildman–Crippen MR) is 111 cm³/mol. The third kappa shape index (κ3) is 3.91. The Labute approximate surface area is 168 Å². The Morgan fingerprint density at radius 2 is 2.00 bits per heavy atom. The van der Waals surface area contributed by atoms with Crippen LogP contribution in [0.5, 0.6) is 0 Å². The highest BCUT2D eigenvalue weighted by molar-refractivity contribution is 7.21. The van der Waals surface area contributed by atoms with Crippen LogP contribution in [-0.2, 0) is 0 Å². The van der Waals surface area contributed by atoms with Gasteiger partial charge in [0.25, 0.3) is 5.91 Å². The lowest BCUT2D eigenvalue weighted by Gasteiger charge is -2.33. The number of amides is 1. The van der Waals surface area contributed by atoms with E-state index in [2.05, 4.69) is 10.2 Å². The lowest BCUT2D eigenvalue weighted by atomic mass is 10.1. The van der Waals surface area contributed by atoms with E-state index in [1.54, 1.807) is 0 Å². The van der Waals surface area contributed by atoms with Crippen molar-refractivity contribution in [3.05, 3.63) is 57.8 Å². The number of fused-ring (bicyclic) bond motifs is 1. The summed E-state index contributed by atoms with van der Waals surface area (Å²) in [4.78, 5) is 15.8. The van der Waals surface area contributed by atoms with Crippen LogP contribution in [-0.4, -0.2) is 30.4 Å². The molecule has 3 heterocycles. The first-order valence-electron chi connectivity index (χ1n) is 9.39. The monoisotopic (exact) mass is 402 g/mol. The third-order valence-corrected chi connectivity index (χ3v) is 6.79. The predicted octanol–water partition coefficient (Wildman–Crippen LogP) is 5.41. The molecule has 2 aromatic heterocycles. The van der Waals surface area contributed by atoms with Crippen molar-refractivity contribution in [3.63, 3.8) is 0 Å². The molecule has 1 fully saturated rings. The Hall–Kier alpha value is -1.82. The molecule has 1 aliphatic heterocycles. The maximum atomic E-state index is 12.8. The molecular weight excluding hydrogens is 380 g/mol. The zero-order chi connectivity index (χ0) is 18.8. The van der Waals surface area contributed by atoms with Gasteiger partial charge in [0.2, 0.25) is 0 Å². The molecule has 1 aliphatic rings. The van der Waals surface area contributed by atoms with E-state index >= 15 is 0 Å². The number of aryl methyl sites for hydroxylation is 1. The smallest absolute Gasteiger partial charge is 0.263 e. The number of nitrogens with one attached hydrogen (secondary N) is 1. The summed E-state index contributed by atoms with van der Waals surface area (Å²) in [5, 5.41) is 4.56. The van der Waals surface area contributed by atoms with E-state index in [4.69, 9.17) is 16.0 Å². The lowest BCUT2D eigenvalue weighted by Crippen LogP contribution is -2.40. The standard InChI is InChI=1S/C21H23ClN2O2S/c1-14-9-10-17(26-14)16(24-11-5-2-6-12-24)13-23-21(25)20-19(22)15-7-3-4-8-18(15)27-20/h3-4,7-10,16H,2,5-6,11-13H2,1H3,(H,23,25)/t16-/m0/s1. The molecule has 0 bridgehead atoms. The Morgan fingerprint density at radius 3 is 2.70 bits per heavy atom. The van der Waals surface area contributed by atoms with Crippen molar-refractivity contribution in [2.45, 2.75) is 32.2 Å². The van der Waals surface area contributed by atoms with Crippen molar-refractivity contribution in [1.82, 2.24) is 10.2 Å². The quantitative estimate of drug-likeness (QED) is 0.620. The average Bonchev–Trinajstić information content (AvgIpc) is 3.27. The summed E-state index contributed by atoms with van der Waals surface area (Å²) in [6.45, 7) is 4.52. The third-order valence-electron chi connectivity index (χ3n) is 5.12. The normalized spacial score (nSPS) is 16.5. The van der Waals surface area contributed by atoms with E-state index in [-0.39, 0.29) is 11.9 Å². The summed E-state index contributed by atoms with van der Waals surface area (Å²) < 4.78 is 6.92. The maximum Gasteiger partial charge on any atom is 0.263 e. The molecule has 1 N–H and O–H groups in total. The van der Waals surface area contributed by atoms with Crippen LogP contribution in [0.3, 0.4) is 0 Å². The lowest BCUT2D eigenvalue weighted by molar-refractivity contribution is 0.0918. The number of carbonyl (C=O) groups excluding carboxylic acids is 1. The van der Waals surface area contributed by atoms with Gasteiger partial charge < -0.3 is 9.73 Å². The fourth-order valence-corrected chi connectivity index (χ4v) is 5.14. The minimum atomic E-state index is -0.119. The average molecular weight is 403 g/mol. The Kier molecular flexibility index (Phi) is 5.53. The van der Waals surface area contributed by atoms with Crippen LogP contribution in [0.4, 0.5) is 0 Å². The largest absolute Gasteiger partial charge is 0.465 e. The molecule has 4 nitrogen and oxygen atoms in total. The summed E-state index contributed by atoms with van der Waals surface area (Å²) in [7, 11) is 0. The zero-order valence-corrected chi connectivity index (χ0v) is 16.9. The number of hydrogen-bond acceptors (Lipinski definition) is 4. The van der Waals surface area contributed by atoms with Crippen LogP contribution in [0.2, 0.25) is 5.02 Å². The highest BCUT2D eigenvalue weighted by Gasteiger charge is 2.26. The number of nitrogens with zero attached hydrogens (tertiary/aromatic N) is 1. The van der Waals surface area contributed by atoms with Gasteiger partial charge in [-0.15, -0.1) is 11.3 Å². The topological polar surface area (TPSA) is 45.5 Å². The molecule has 1 aromatic carbocycles. The Bertz CT molecular complexity index is 943. The molecule has 1 saturated heterocycles. The maximum absolute atomic E-state index is 12.8. The first-order valence-corrected chi connectivity index (χ1v) is 10.6. The van der Waals surface area contributed by atoms with Crippen molar-refractivity contribution in [2.24, 2.45) is 0 Å². The second-order valence-electron chi connectivity index (χ2n) is 7.01. The SMILES string of the molecule is Cc1ccc([C@H](CNC(=O)c2sc3ccccc3c2Cl)N2CCCCC2)o1. The molecule has 0 aliphatic carbocycles. The zero-order valence-electron chi connectivity index (χ0n) is 15.3. The van der Waals surface area contributed by atoms with Crippen molar-refractivity contribution in [1.29, 1.82) is 0 Å². The molecule has 4 rings (SSSR count). The Balaban J connectivity index is 1.52. The second kappa shape index (κ2) is 8.05. The molecule has 6 heteroatoms. The number of furan rings is 1. The Morgan fingerprint density at radius 1 is 1.22 bits per heavy atom. The van der Waals surface area contributed by atoms with Gasteiger partial charge in [-0.3, -0.25) is 9.69 Å². The van der Waals surface area contributed by atoms with Crippen molar-refractivity contribution in [3.8, 4) is 0 Å². The molecule has 0 saturated carbocycles. The van der Waals surface area contributed by atoms with E-state index in [0.29, 0.717) is 16.4 Å². The first-order chi connectivity index (χ1) is 13.1. The van der Waals surface area contributed by atoms with Gasteiger partial charge in [-0.1, -0.05) is 36.2 Å². The van der Waals surface area contributed by atoms with E-state index in [9.17, 15) is 4.79 Å². The number of hydrogen-bond donors (Lipinski definition) is 1. The molecule has 3 aromatic rings. The van der Waals surface area contributed by atoms with Crippen molar-refractivity contribution >= 4 is 38.9 Å². The van der Waals surface area contributed by atoms with Crippen LogP contribution in [0.25, 0.3) is 10.1 Å². The summed E-state index contributed by atoms with van der Waals surface area (Å²) in [5.41, 5.74) is 0. The molecule has 1 amide bonds. The fourth-order valence-electron chi connectivity index (χ4n) is 3.70. The van der Waals surface area contributed by atoms with E-state index in [1.807, 2.05) is 43.3 Å². The van der Waals surface area contributed by atoms with Crippen molar-refractivity contribution < 1.29 is 9.21 Å². The molecule has 0 unspecified atom stereocenters. The van der Waals surface area contributed by atoms with Gasteiger partial charge in [-0.2, -0.15) is 0 Å². The van der Waals surface area contributed by atoms with Gasteiger partial charge in [-0.25, -0.2) is 0 Å². The second-order valence-corrected chi connectivity index (χ2v) is 8.44. The van der Waals surface area contributed by atoms with Gasteiger partial charge in [0.15, 0.2) is 0 Å². The number of halogens is 1. The fraction of sp³-hybridized carbons (Fsp3) is 0.381. The molecule has 0 radical (unpaired) electrons. The number of piperidine rings is 1. The number of likely N-dealkylation sites (tertiary alicyclic amines) is 1. The number of carbonyl (C=O) groups is 1. The van der Waals surface area contributed by atoms with Crippen molar-refractivity contribution in [2.75, 3.05) is 19.6 Å². The number of thiophene rings is 1. The molecular formula is C21H23ClN2O2S. The summed E-state index contributed by atoms with van der Waals surface area (Å²) in [6, 6.07) is 11.9. The van der Waals surface area contributed by atoms with Gasteiger partial charge in [0, 0.05) is 16.6 Å². The molecule has 27 heavy (non-hydrogen) atoms. The van der Waals surface area contributed by atoms with Crippen LogP contribution in [0.15, 0.2) is 40.8 Å². The van der Waals surface area contributed by atoms with E-state index in [0.717, 1.165) is 34.7 Å².